The predicted octanol–water partition coefficient (Wildman–Crippen LogP) is 5.27. The first-order valence-electron chi connectivity index (χ1n) is 5.22. The number of hydrogen-bond donors (Lipinski definition) is 0. The molecule has 0 saturated heterocycles. The highest BCUT2D eigenvalue weighted by molar-refractivity contribution is 7.44. The van der Waals surface area contributed by atoms with E-state index in [0.29, 0.717) is 0 Å². The van der Waals surface area contributed by atoms with Crippen LogP contribution in [0.15, 0.2) is 48.5 Å². The van der Waals surface area contributed by atoms with E-state index in [1.54, 1.807) is 0 Å². The summed E-state index contributed by atoms with van der Waals surface area (Å²) >= 11 is 3.81. The van der Waals surface area contributed by atoms with Crippen LogP contribution >= 0.6 is 22.7 Å². The summed E-state index contributed by atoms with van der Waals surface area (Å²) in [5.41, 5.74) is 0. The van der Waals surface area contributed by atoms with Gasteiger partial charge in [0.15, 0.2) is 0 Å². The zero-order chi connectivity index (χ0) is 10.5. The van der Waals surface area contributed by atoms with Gasteiger partial charge in [0.05, 0.1) is 4.01 Å². The fraction of sp³-hybridized carbons (Fsp3) is 0. The molecule has 16 heavy (non-hydrogen) atoms. The summed E-state index contributed by atoms with van der Waals surface area (Å²) in [5.74, 6) is 0. The van der Waals surface area contributed by atoms with Crippen LogP contribution < -0.4 is 0 Å². The van der Waals surface area contributed by atoms with Crippen molar-refractivity contribution in [2.24, 2.45) is 0 Å². The molecule has 2 heteroatoms. The Labute approximate surface area is 101 Å². The maximum atomic E-state index is 2.23. The summed E-state index contributed by atoms with van der Waals surface area (Å²) in [6, 6.07) is 17.4. The second-order valence-corrected chi connectivity index (χ2v) is 6.22. The van der Waals surface area contributed by atoms with Gasteiger partial charge in [-0.05, 0) is 12.1 Å². The average Bonchev–Trinajstić information content (AvgIpc) is 2.83. The van der Waals surface area contributed by atoms with Gasteiger partial charge >= 0.3 is 0 Å². The van der Waals surface area contributed by atoms with E-state index in [0.717, 1.165) is 0 Å². The van der Waals surface area contributed by atoms with Crippen molar-refractivity contribution < 1.29 is 0 Å². The third-order valence-electron chi connectivity index (χ3n) is 2.92. The summed E-state index contributed by atoms with van der Waals surface area (Å²) in [4.78, 5) is 0. The van der Waals surface area contributed by atoms with E-state index in [9.17, 15) is 0 Å². The smallest absolute Gasteiger partial charge is 0.0890 e. The Morgan fingerprint density at radius 2 is 1.12 bits per heavy atom. The lowest BCUT2D eigenvalue weighted by atomic mass is 10.1. The molecule has 2 heterocycles. The standard InChI is InChI=1S/C14H8S2/c1-3-7-11-9(5-1)13-10-6-2-4-8-12(10)16-14(13)15-11/h1-8H. The van der Waals surface area contributed by atoms with Gasteiger partial charge in [0.25, 0.3) is 0 Å². The Morgan fingerprint density at radius 3 is 1.69 bits per heavy atom. The Bertz CT molecular complexity index is 740. The zero-order valence-corrected chi connectivity index (χ0v) is 10.1. The third-order valence-corrected chi connectivity index (χ3v) is 5.35. The fourth-order valence-electron chi connectivity index (χ4n) is 2.21. The van der Waals surface area contributed by atoms with Crippen molar-refractivity contribution in [1.82, 2.24) is 0 Å². The molecule has 0 fully saturated rings. The number of benzene rings is 2. The summed E-state index contributed by atoms with van der Waals surface area (Å²) < 4.78 is 4.24. The van der Waals surface area contributed by atoms with E-state index in [2.05, 4.69) is 48.5 Å². The molecular formula is C14H8S2. The first kappa shape index (κ1) is 8.74. The van der Waals surface area contributed by atoms with Crippen molar-refractivity contribution in [2.45, 2.75) is 0 Å². The van der Waals surface area contributed by atoms with Gasteiger partial charge in [-0.2, -0.15) is 0 Å². The van der Waals surface area contributed by atoms with Gasteiger partial charge in [-0.3, -0.25) is 0 Å². The van der Waals surface area contributed by atoms with Crippen LogP contribution in [0.25, 0.3) is 29.6 Å². The number of thiophene rings is 2. The molecule has 0 bridgehead atoms. The minimum atomic E-state index is 1.40. The lowest BCUT2D eigenvalue weighted by molar-refractivity contribution is 1.86. The highest BCUT2D eigenvalue weighted by Crippen LogP contribution is 2.43. The Kier molecular flexibility index (Phi) is 1.67. The molecule has 76 valence electrons. The fourth-order valence-corrected chi connectivity index (χ4v) is 4.81. The second kappa shape index (κ2) is 3.06. The highest BCUT2D eigenvalue weighted by atomic mass is 32.2. The Balaban J connectivity index is 2.38. The van der Waals surface area contributed by atoms with Gasteiger partial charge in [0.1, 0.15) is 0 Å². The summed E-state index contributed by atoms with van der Waals surface area (Å²) in [6.07, 6.45) is 0. The summed E-state index contributed by atoms with van der Waals surface area (Å²) in [7, 11) is 0. The van der Waals surface area contributed by atoms with E-state index >= 15 is 0 Å². The Hall–Kier alpha value is -1.38. The number of fused-ring (bicyclic) bond motifs is 5. The molecule has 2 aromatic heterocycles. The maximum absolute atomic E-state index is 2.23. The van der Waals surface area contributed by atoms with Gasteiger partial charge in [-0.25, -0.2) is 0 Å². The minimum Gasteiger partial charge on any atom is -0.124 e. The monoisotopic (exact) mass is 240 g/mol. The summed E-state index contributed by atoms with van der Waals surface area (Å²) in [6.45, 7) is 0. The van der Waals surface area contributed by atoms with Crippen LogP contribution in [0.5, 0.6) is 0 Å². The average molecular weight is 240 g/mol. The lowest BCUT2D eigenvalue weighted by Crippen LogP contribution is -1.64. The maximum Gasteiger partial charge on any atom is 0.0890 e. The van der Waals surface area contributed by atoms with Gasteiger partial charge in [0.2, 0.25) is 0 Å². The summed E-state index contributed by atoms with van der Waals surface area (Å²) in [5, 5.41) is 4.25. The van der Waals surface area contributed by atoms with Crippen LogP contribution in [0.1, 0.15) is 0 Å². The first-order chi connectivity index (χ1) is 7.93. The van der Waals surface area contributed by atoms with Crippen LogP contribution in [0, 0.1) is 0 Å². The van der Waals surface area contributed by atoms with Crippen molar-refractivity contribution >= 4 is 52.2 Å². The molecule has 4 rings (SSSR count). The predicted molar refractivity (Wildman–Crippen MR) is 74.7 cm³/mol. The molecule has 4 aromatic rings. The normalized spacial score (nSPS) is 11.8. The lowest BCUT2D eigenvalue weighted by Gasteiger charge is -1.90. The first-order valence-corrected chi connectivity index (χ1v) is 6.85. The largest absolute Gasteiger partial charge is 0.124 e. The van der Waals surface area contributed by atoms with Crippen molar-refractivity contribution in [3.8, 4) is 0 Å². The minimum absolute atomic E-state index is 1.40. The van der Waals surface area contributed by atoms with E-state index in [-0.39, 0.29) is 0 Å². The highest BCUT2D eigenvalue weighted by Gasteiger charge is 2.10. The SMILES string of the molecule is c1ccc2c(c1)sc1sc3ccccc3c12. The Morgan fingerprint density at radius 1 is 0.625 bits per heavy atom. The quantitative estimate of drug-likeness (QED) is 0.393. The molecule has 0 amide bonds. The van der Waals surface area contributed by atoms with Crippen LogP contribution in [0.4, 0.5) is 0 Å². The molecule has 0 spiro atoms. The van der Waals surface area contributed by atoms with E-state index in [1.807, 2.05) is 22.7 Å². The van der Waals surface area contributed by atoms with Crippen molar-refractivity contribution in [3.05, 3.63) is 48.5 Å². The van der Waals surface area contributed by atoms with E-state index < -0.39 is 0 Å². The van der Waals surface area contributed by atoms with E-state index in [1.165, 1.54) is 29.6 Å². The molecule has 0 radical (unpaired) electrons. The third kappa shape index (κ3) is 1.03. The van der Waals surface area contributed by atoms with Crippen molar-refractivity contribution in [1.29, 1.82) is 0 Å². The molecule has 0 aliphatic heterocycles. The zero-order valence-electron chi connectivity index (χ0n) is 8.44. The van der Waals surface area contributed by atoms with Crippen molar-refractivity contribution in [2.75, 3.05) is 0 Å². The molecule has 0 aliphatic rings. The van der Waals surface area contributed by atoms with Crippen LogP contribution in [0.2, 0.25) is 0 Å². The van der Waals surface area contributed by atoms with Gasteiger partial charge in [-0.1, -0.05) is 36.4 Å². The van der Waals surface area contributed by atoms with Crippen LogP contribution in [-0.4, -0.2) is 0 Å². The van der Waals surface area contributed by atoms with Gasteiger partial charge < -0.3 is 0 Å². The van der Waals surface area contributed by atoms with Crippen molar-refractivity contribution in [3.63, 3.8) is 0 Å². The molecule has 0 N–H and O–H groups in total. The molecule has 0 unspecified atom stereocenters. The molecule has 2 aromatic carbocycles. The molecule has 0 aliphatic carbocycles. The molecule has 0 saturated carbocycles. The topological polar surface area (TPSA) is 0 Å². The van der Waals surface area contributed by atoms with Gasteiger partial charge in [0, 0.05) is 25.6 Å². The molecular weight excluding hydrogens is 232 g/mol. The number of rotatable bonds is 0. The van der Waals surface area contributed by atoms with E-state index in [4.69, 9.17) is 0 Å². The molecule has 0 atom stereocenters. The van der Waals surface area contributed by atoms with Gasteiger partial charge in [-0.15, -0.1) is 22.7 Å². The van der Waals surface area contributed by atoms with Crippen LogP contribution in [-0.2, 0) is 0 Å². The second-order valence-electron chi connectivity index (χ2n) is 3.86. The molecule has 0 nitrogen and oxygen atoms in total. The number of hydrogen-bond acceptors (Lipinski definition) is 2. The van der Waals surface area contributed by atoms with Crippen LogP contribution in [0.3, 0.4) is 0 Å².